The quantitative estimate of drug-likeness (QED) is 0.885. The molecule has 2 aliphatic rings. The second kappa shape index (κ2) is 5.40. The number of carbonyl (C=O) groups excluding carboxylic acids is 1. The first-order chi connectivity index (χ1) is 10.8. The maximum atomic E-state index is 13.3. The molecule has 0 radical (unpaired) electrons. The van der Waals surface area contributed by atoms with E-state index in [1.54, 1.807) is 0 Å². The summed E-state index contributed by atoms with van der Waals surface area (Å²) in [6.45, 7) is -0.222. The highest BCUT2D eigenvalue weighted by molar-refractivity contribution is 5.77. The minimum absolute atomic E-state index is 0.0927. The zero-order chi connectivity index (χ0) is 16.8. The minimum atomic E-state index is -4.62. The number of carbonyl (C=O) groups is 1. The number of aliphatic hydroxyl groups excluding tert-OH is 1. The molecule has 3 rings (SSSR count). The van der Waals surface area contributed by atoms with E-state index in [0.717, 1.165) is 19.0 Å². The first-order valence-corrected chi connectivity index (χ1v) is 7.53. The van der Waals surface area contributed by atoms with E-state index >= 15 is 0 Å². The van der Waals surface area contributed by atoms with Crippen molar-refractivity contribution < 1.29 is 23.1 Å². The lowest BCUT2D eigenvalue weighted by Crippen LogP contribution is -2.53. The lowest BCUT2D eigenvalue weighted by molar-refractivity contribution is -0.155. The molecule has 1 aromatic rings. The van der Waals surface area contributed by atoms with E-state index in [9.17, 15) is 23.1 Å². The highest BCUT2D eigenvalue weighted by Gasteiger charge is 2.54. The molecule has 0 saturated carbocycles. The lowest BCUT2D eigenvalue weighted by Gasteiger charge is -2.34. The van der Waals surface area contributed by atoms with Crippen LogP contribution in [0.3, 0.4) is 0 Å². The van der Waals surface area contributed by atoms with Gasteiger partial charge in [-0.05, 0) is 25.7 Å². The van der Waals surface area contributed by atoms with Crippen LogP contribution in [-0.4, -0.2) is 50.2 Å². The van der Waals surface area contributed by atoms with Gasteiger partial charge in [0.15, 0.2) is 6.04 Å². The number of fused-ring (bicyclic) bond motifs is 2. The van der Waals surface area contributed by atoms with Gasteiger partial charge >= 0.3 is 12.2 Å². The predicted molar refractivity (Wildman–Crippen MR) is 74.4 cm³/mol. The number of hydrogen-bond acceptors (Lipinski definition) is 3. The summed E-state index contributed by atoms with van der Waals surface area (Å²) >= 11 is 0. The van der Waals surface area contributed by atoms with Crippen molar-refractivity contribution in [2.45, 2.75) is 49.5 Å². The molecule has 23 heavy (non-hydrogen) atoms. The number of rotatable bonds is 3. The summed E-state index contributed by atoms with van der Waals surface area (Å²) in [4.78, 5) is 13.9. The first kappa shape index (κ1) is 16.1. The molecular weight excluding hydrogens is 313 g/mol. The van der Waals surface area contributed by atoms with E-state index in [0.29, 0.717) is 12.8 Å². The van der Waals surface area contributed by atoms with Gasteiger partial charge in [-0.3, -0.25) is 4.68 Å². The smallest absolute Gasteiger partial charge is 0.394 e. The fraction of sp³-hybridized carbons (Fsp3) is 0.714. The highest BCUT2D eigenvalue weighted by atomic mass is 19.4. The predicted octanol–water partition coefficient (Wildman–Crippen LogP) is 1.72. The molecule has 2 aliphatic heterocycles. The second-order valence-electron chi connectivity index (χ2n) is 6.36. The number of alkyl halides is 3. The maximum absolute atomic E-state index is 13.3. The van der Waals surface area contributed by atoms with Crippen molar-refractivity contribution in [1.82, 2.24) is 20.0 Å². The van der Waals surface area contributed by atoms with Gasteiger partial charge in [0.05, 0.1) is 18.3 Å². The largest absolute Gasteiger partial charge is 0.413 e. The molecule has 2 N–H and O–H groups in total. The van der Waals surface area contributed by atoms with Crippen LogP contribution >= 0.6 is 0 Å². The number of nitrogens with zero attached hydrogens (tertiary/aromatic N) is 3. The average Bonchev–Trinajstić information content (AvgIpc) is 3.16. The molecule has 1 unspecified atom stereocenters. The van der Waals surface area contributed by atoms with Crippen LogP contribution in [-0.2, 0) is 7.05 Å². The number of urea groups is 1. The Morgan fingerprint density at radius 2 is 2.17 bits per heavy atom. The summed E-state index contributed by atoms with van der Waals surface area (Å²) in [5, 5.41) is 15.4. The van der Waals surface area contributed by atoms with Gasteiger partial charge in [0.25, 0.3) is 0 Å². The van der Waals surface area contributed by atoms with Crippen LogP contribution in [0.5, 0.6) is 0 Å². The summed E-state index contributed by atoms with van der Waals surface area (Å²) in [5.41, 5.74) is -0.822. The Balaban J connectivity index is 1.82. The van der Waals surface area contributed by atoms with Crippen LogP contribution < -0.4 is 5.32 Å². The summed E-state index contributed by atoms with van der Waals surface area (Å²) in [6, 6.07) is -2.98. The number of nitrogens with one attached hydrogen (secondary N) is 1. The van der Waals surface area contributed by atoms with Crippen LogP contribution in [0.1, 0.15) is 37.3 Å². The number of aromatic nitrogens is 2. The standard InChI is InChI=1S/C14H19F3N4O2/c1-20-7-9(6-18-20)11(14(15,16)17)19-12(23)21-10-2-4-13(21,8-22)5-3-10/h6-7,10-11,22H,2-5,8H2,1H3,(H,19,23). The third-order valence-electron chi connectivity index (χ3n) is 4.93. The highest BCUT2D eigenvalue weighted by Crippen LogP contribution is 2.46. The number of amides is 2. The van der Waals surface area contributed by atoms with Crippen LogP contribution in [0, 0.1) is 0 Å². The van der Waals surface area contributed by atoms with Crippen molar-refractivity contribution in [3.63, 3.8) is 0 Å². The van der Waals surface area contributed by atoms with Gasteiger partial charge in [-0.15, -0.1) is 0 Å². The fourth-order valence-corrected chi connectivity index (χ4v) is 3.78. The Morgan fingerprint density at radius 3 is 2.65 bits per heavy atom. The van der Waals surface area contributed by atoms with Gasteiger partial charge in [0.1, 0.15) is 0 Å². The van der Waals surface area contributed by atoms with Crippen LogP contribution in [0.15, 0.2) is 12.4 Å². The summed E-state index contributed by atoms with van der Waals surface area (Å²) in [7, 11) is 1.51. The Morgan fingerprint density at radius 1 is 1.52 bits per heavy atom. The summed E-state index contributed by atoms with van der Waals surface area (Å²) in [5.74, 6) is 0. The molecule has 2 amide bonds. The molecule has 2 bridgehead atoms. The second-order valence-corrected chi connectivity index (χ2v) is 6.36. The molecule has 3 heterocycles. The van der Waals surface area contributed by atoms with Crippen molar-refractivity contribution in [1.29, 1.82) is 0 Å². The number of aryl methyl sites for hydroxylation is 1. The van der Waals surface area contributed by atoms with Gasteiger partial charge in [-0.25, -0.2) is 4.79 Å². The monoisotopic (exact) mass is 332 g/mol. The van der Waals surface area contributed by atoms with Crippen LogP contribution in [0.4, 0.5) is 18.0 Å². The summed E-state index contributed by atoms with van der Waals surface area (Å²) in [6.07, 6.45) is 0.410. The SMILES string of the molecule is Cn1cc(C(NC(=O)N2C3CCC2(CO)CC3)C(F)(F)F)cn1. The Bertz CT molecular complexity index is 593. The maximum Gasteiger partial charge on any atom is 0.413 e. The van der Waals surface area contributed by atoms with Gasteiger partial charge in [0, 0.05) is 24.8 Å². The zero-order valence-corrected chi connectivity index (χ0v) is 12.7. The normalized spacial score (nSPS) is 28.2. The molecule has 1 atom stereocenters. The van der Waals surface area contributed by atoms with Crippen LogP contribution in [0.25, 0.3) is 0 Å². The Kier molecular flexibility index (Phi) is 3.78. The van der Waals surface area contributed by atoms with E-state index in [1.165, 1.54) is 22.8 Å². The molecular formula is C14H19F3N4O2. The van der Waals surface area contributed by atoms with E-state index < -0.39 is 23.8 Å². The average molecular weight is 332 g/mol. The van der Waals surface area contributed by atoms with Crippen molar-refractivity contribution in [2.24, 2.45) is 7.05 Å². The molecule has 9 heteroatoms. The number of aliphatic hydroxyl groups is 1. The van der Waals surface area contributed by atoms with Gasteiger partial charge in [0.2, 0.25) is 0 Å². The van der Waals surface area contributed by atoms with Crippen molar-refractivity contribution in [3.8, 4) is 0 Å². The molecule has 6 nitrogen and oxygen atoms in total. The van der Waals surface area contributed by atoms with Crippen molar-refractivity contribution in [2.75, 3.05) is 6.61 Å². The molecule has 128 valence electrons. The topological polar surface area (TPSA) is 70.4 Å². The molecule has 1 aromatic heterocycles. The molecule has 0 aliphatic carbocycles. The zero-order valence-electron chi connectivity index (χ0n) is 12.7. The molecule has 0 aromatic carbocycles. The Hall–Kier alpha value is -1.77. The third kappa shape index (κ3) is 2.66. The fourth-order valence-electron chi connectivity index (χ4n) is 3.78. The summed E-state index contributed by atoms with van der Waals surface area (Å²) < 4.78 is 41.2. The van der Waals surface area contributed by atoms with E-state index in [2.05, 4.69) is 10.4 Å². The molecule has 0 spiro atoms. The van der Waals surface area contributed by atoms with Crippen LogP contribution in [0.2, 0.25) is 0 Å². The Labute approximate surface area is 131 Å². The first-order valence-electron chi connectivity index (χ1n) is 7.53. The number of hydrogen-bond donors (Lipinski definition) is 2. The minimum Gasteiger partial charge on any atom is -0.394 e. The van der Waals surface area contributed by atoms with Gasteiger partial charge in [-0.1, -0.05) is 0 Å². The molecule has 2 saturated heterocycles. The van der Waals surface area contributed by atoms with E-state index in [-0.39, 0.29) is 18.2 Å². The number of halogens is 3. The molecule has 2 fully saturated rings. The lowest BCUT2D eigenvalue weighted by atomic mass is 9.89. The van der Waals surface area contributed by atoms with Gasteiger partial charge in [-0.2, -0.15) is 18.3 Å². The van der Waals surface area contributed by atoms with E-state index in [1.807, 2.05) is 0 Å². The van der Waals surface area contributed by atoms with Crippen molar-refractivity contribution in [3.05, 3.63) is 18.0 Å². The van der Waals surface area contributed by atoms with Crippen molar-refractivity contribution >= 4 is 6.03 Å². The van der Waals surface area contributed by atoms with E-state index in [4.69, 9.17) is 0 Å². The van der Waals surface area contributed by atoms with Gasteiger partial charge < -0.3 is 15.3 Å². The third-order valence-corrected chi connectivity index (χ3v) is 4.93.